The smallest absolute Gasteiger partial charge is 0.200 e. The number of nitrogens with zero attached hydrogens (tertiary/aromatic N) is 1. The molecule has 0 amide bonds. The molecule has 0 spiro atoms. The summed E-state index contributed by atoms with van der Waals surface area (Å²) in [5.41, 5.74) is 13.8. The molecule has 4 aromatic rings. The van der Waals surface area contributed by atoms with E-state index in [2.05, 4.69) is 129 Å². The molecule has 1 heteroatoms. The van der Waals surface area contributed by atoms with Gasteiger partial charge >= 0.3 is 0 Å². The van der Waals surface area contributed by atoms with E-state index < -0.39 is 0 Å². The molecule has 0 radical (unpaired) electrons. The van der Waals surface area contributed by atoms with E-state index >= 15 is 0 Å². The van der Waals surface area contributed by atoms with Crippen molar-refractivity contribution in [2.45, 2.75) is 80.1 Å². The predicted molar refractivity (Wildman–Crippen MR) is 152 cm³/mol. The summed E-state index contributed by atoms with van der Waals surface area (Å²) in [6, 6.07) is 18.9. The summed E-state index contributed by atoms with van der Waals surface area (Å²) in [5.74, 6) is 1.47. The van der Waals surface area contributed by atoms with Gasteiger partial charge < -0.3 is 0 Å². The second-order valence-corrected chi connectivity index (χ2v) is 11.4. The molecule has 0 aliphatic heterocycles. The molecule has 3 aromatic carbocycles. The van der Waals surface area contributed by atoms with Crippen LogP contribution in [0.5, 0.6) is 0 Å². The minimum Gasteiger partial charge on any atom is -0.200 e. The van der Waals surface area contributed by atoms with Crippen LogP contribution in [0.3, 0.4) is 0 Å². The largest absolute Gasteiger partial charge is 0.220 e. The second-order valence-electron chi connectivity index (χ2n) is 11.4. The number of hydrogen-bond donors (Lipinski definition) is 0. The first-order valence-corrected chi connectivity index (χ1v) is 13.2. The molecule has 0 N–H and O–H groups in total. The standard InChI is InChI=1S/C34H42N/c1-20(2)28-18-30(21(3)4)33(31(19-28)22(5)6)27-11-12-29-26(17-27)13-14-35(10)34(29)32-16-23(7)15-24(8)25(32)9/h11-22H,1-10H3/q+1. The molecule has 0 saturated carbocycles. The summed E-state index contributed by atoms with van der Waals surface area (Å²) in [7, 11) is 2.16. The average Bonchev–Trinajstić information content (AvgIpc) is 2.80. The molecule has 4 rings (SSSR count). The zero-order valence-electron chi connectivity index (χ0n) is 23.4. The summed E-state index contributed by atoms with van der Waals surface area (Å²) >= 11 is 0. The quantitative estimate of drug-likeness (QED) is 0.259. The highest BCUT2D eigenvalue weighted by molar-refractivity contribution is 5.96. The number of hydrogen-bond acceptors (Lipinski definition) is 0. The van der Waals surface area contributed by atoms with Gasteiger partial charge in [-0.05, 0) is 101 Å². The van der Waals surface area contributed by atoms with E-state index in [1.165, 1.54) is 66.5 Å². The van der Waals surface area contributed by atoms with Crippen LogP contribution in [0.2, 0.25) is 0 Å². The first kappa shape index (κ1) is 25.2. The summed E-state index contributed by atoms with van der Waals surface area (Å²) in [4.78, 5) is 0. The zero-order chi connectivity index (χ0) is 25.6. The molecule has 1 nitrogen and oxygen atoms in total. The van der Waals surface area contributed by atoms with Crippen molar-refractivity contribution in [3.8, 4) is 22.4 Å². The van der Waals surface area contributed by atoms with Gasteiger partial charge in [0.15, 0.2) is 6.20 Å². The van der Waals surface area contributed by atoms with E-state index in [1.54, 1.807) is 0 Å². The lowest BCUT2D eigenvalue weighted by molar-refractivity contribution is -0.659. The Bertz CT molecular complexity index is 1370. The highest BCUT2D eigenvalue weighted by atomic mass is 14.9. The third-order valence-electron chi connectivity index (χ3n) is 7.62. The van der Waals surface area contributed by atoms with E-state index in [-0.39, 0.29) is 0 Å². The normalized spacial score (nSPS) is 11.9. The first-order valence-electron chi connectivity index (χ1n) is 13.2. The average molecular weight is 465 g/mol. The van der Waals surface area contributed by atoms with Crippen molar-refractivity contribution in [3.05, 3.63) is 88.1 Å². The van der Waals surface area contributed by atoms with Crippen LogP contribution in [0.15, 0.2) is 54.7 Å². The van der Waals surface area contributed by atoms with Crippen molar-refractivity contribution in [2.24, 2.45) is 7.05 Å². The Balaban J connectivity index is 2.01. The molecule has 0 unspecified atom stereocenters. The Morgan fingerprint density at radius 2 is 1.31 bits per heavy atom. The third kappa shape index (κ3) is 4.66. The van der Waals surface area contributed by atoms with Crippen LogP contribution in [-0.2, 0) is 7.05 Å². The van der Waals surface area contributed by atoms with Gasteiger partial charge in [0, 0.05) is 6.07 Å². The Labute approximate surface area is 212 Å². The van der Waals surface area contributed by atoms with Crippen LogP contribution in [0.25, 0.3) is 33.2 Å². The first-order chi connectivity index (χ1) is 16.5. The van der Waals surface area contributed by atoms with Gasteiger partial charge in [0.25, 0.3) is 0 Å². The van der Waals surface area contributed by atoms with Crippen molar-refractivity contribution in [2.75, 3.05) is 0 Å². The van der Waals surface area contributed by atoms with Gasteiger partial charge in [-0.2, -0.15) is 0 Å². The molecule has 0 aliphatic carbocycles. The summed E-state index contributed by atoms with van der Waals surface area (Å²) in [6.45, 7) is 20.6. The van der Waals surface area contributed by atoms with Gasteiger partial charge in [0.2, 0.25) is 5.69 Å². The molecule has 0 fully saturated rings. The highest BCUT2D eigenvalue weighted by Crippen LogP contribution is 2.40. The maximum atomic E-state index is 2.45. The molecular formula is C34H42N+. The van der Waals surface area contributed by atoms with Gasteiger partial charge in [-0.15, -0.1) is 0 Å². The lowest BCUT2D eigenvalue weighted by atomic mass is 9.81. The molecule has 1 heterocycles. The van der Waals surface area contributed by atoms with Gasteiger partial charge in [0.1, 0.15) is 7.05 Å². The zero-order valence-corrected chi connectivity index (χ0v) is 23.4. The molecule has 0 bridgehead atoms. The van der Waals surface area contributed by atoms with Crippen LogP contribution < -0.4 is 4.57 Å². The predicted octanol–water partition coefficient (Wildman–Crippen LogP) is 9.29. The van der Waals surface area contributed by atoms with Gasteiger partial charge in [-0.1, -0.05) is 71.4 Å². The number of benzene rings is 3. The minimum absolute atomic E-state index is 0.471. The summed E-state index contributed by atoms with van der Waals surface area (Å²) < 4.78 is 2.28. The van der Waals surface area contributed by atoms with E-state index in [0.29, 0.717) is 17.8 Å². The fraction of sp³-hybridized carbons (Fsp3) is 0.382. The summed E-state index contributed by atoms with van der Waals surface area (Å²) in [6.07, 6.45) is 2.22. The number of fused-ring (bicyclic) bond motifs is 1. The van der Waals surface area contributed by atoms with Crippen LogP contribution in [0.1, 0.15) is 92.7 Å². The number of aryl methyl sites for hydroxylation is 3. The van der Waals surface area contributed by atoms with Crippen LogP contribution in [-0.4, -0.2) is 0 Å². The third-order valence-corrected chi connectivity index (χ3v) is 7.62. The van der Waals surface area contributed by atoms with Crippen LogP contribution >= 0.6 is 0 Å². The number of pyridine rings is 1. The number of rotatable bonds is 5. The molecular weight excluding hydrogens is 422 g/mol. The van der Waals surface area contributed by atoms with Gasteiger partial charge in [-0.3, -0.25) is 0 Å². The van der Waals surface area contributed by atoms with E-state index in [0.717, 1.165) is 0 Å². The van der Waals surface area contributed by atoms with Crippen LogP contribution in [0, 0.1) is 20.8 Å². The molecule has 0 atom stereocenters. The Kier molecular flexibility index (Phi) is 6.91. The number of aromatic nitrogens is 1. The fourth-order valence-corrected chi connectivity index (χ4v) is 5.44. The van der Waals surface area contributed by atoms with Crippen molar-refractivity contribution < 1.29 is 4.57 Å². The van der Waals surface area contributed by atoms with Crippen molar-refractivity contribution >= 4 is 10.8 Å². The molecule has 0 aliphatic rings. The lowest BCUT2D eigenvalue weighted by Gasteiger charge is -2.23. The van der Waals surface area contributed by atoms with E-state index in [9.17, 15) is 0 Å². The van der Waals surface area contributed by atoms with Crippen molar-refractivity contribution in [1.29, 1.82) is 0 Å². The molecule has 0 saturated heterocycles. The lowest BCUT2D eigenvalue weighted by Crippen LogP contribution is -2.30. The van der Waals surface area contributed by atoms with Crippen molar-refractivity contribution in [3.63, 3.8) is 0 Å². The molecule has 1 aromatic heterocycles. The molecule has 35 heavy (non-hydrogen) atoms. The van der Waals surface area contributed by atoms with Gasteiger partial charge in [-0.25, -0.2) is 4.57 Å². The molecule has 182 valence electrons. The minimum atomic E-state index is 0.471. The van der Waals surface area contributed by atoms with Crippen LogP contribution in [0.4, 0.5) is 0 Å². The maximum Gasteiger partial charge on any atom is 0.220 e. The Morgan fingerprint density at radius 1 is 0.686 bits per heavy atom. The Hall–Kier alpha value is -2.93. The van der Waals surface area contributed by atoms with E-state index in [1.807, 2.05) is 0 Å². The second kappa shape index (κ2) is 9.61. The van der Waals surface area contributed by atoms with Crippen molar-refractivity contribution in [1.82, 2.24) is 0 Å². The van der Waals surface area contributed by atoms with E-state index in [4.69, 9.17) is 0 Å². The maximum absolute atomic E-state index is 2.45. The fourth-order valence-electron chi connectivity index (χ4n) is 5.44. The SMILES string of the molecule is Cc1cc(C)c(C)c(-c2c3ccc(-c4c(C(C)C)cc(C(C)C)cc4C(C)C)cc3cc[n+]2C)c1. The Morgan fingerprint density at radius 3 is 1.89 bits per heavy atom. The monoisotopic (exact) mass is 464 g/mol. The highest BCUT2D eigenvalue weighted by Gasteiger charge is 2.22. The topological polar surface area (TPSA) is 3.88 Å². The summed E-state index contributed by atoms with van der Waals surface area (Å²) in [5, 5.41) is 2.61. The van der Waals surface area contributed by atoms with Gasteiger partial charge in [0.05, 0.1) is 10.9 Å².